The molecule has 0 amide bonds. The molecule has 6 heteroatoms. The van der Waals surface area contributed by atoms with Gasteiger partial charge in [-0.3, -0.25) is 4.79 Å². The number of ketones is 1. The Morgan fingerprint density at radius 2 is 1.79 bits per heavy atom. The Morgan fingerprint density at radius 1 is 1.09 bits per heavy atom. The first-order valence-corrected chi connectivity index (χ1v) is 12.7. The van der Waals surface area contributed by atoms with Crippen LogP contribution in [0.15, 0.2) is 34.9 Å². The predicted molar refractivity (Wildman–Crippen MR) is 127 cm³/mol. The number of fused-ring (bicyclic) bond motifs is 5. The third-order valence-corrected chi connectivity index (χ3v) is 11.1. The van der Waals surface area contributed by atoms with Crippen molar-refractivity contribution in [3.63, 3.8) is 0 Å². The van der Waals surface area contributed by atoms with Crippen LogP contribution in [-0.4, -0.2) is 50.0 Å². The van der Waals surface area contributed by atoms with Crippen LogP contribution in [0, 0.1) is 22.7 Å². The number of hydrogen-bond acceptors (Lipinski definition) is 6. The first-order valence-electron chi connectivity index (χ1n) is 12.7. The van der Waals surface area contributed by atoms with Gasteiger partial charge in [-0.2, -0.15) is 0 Å². The van der Waals surface area contributed by atoms with Crippen LogP contribution in [0.3, 0.4) is 0 Å². The van der Waals surface area contributed by atoms with Gasteiger partial charge in [0.15, 0.2) is 0 Å². The minimum Gasteiger partial charge on any atom is -0.455 e. The third-order valence-electron chi connectivity index (χ3n) is 11.1. The standard InChI is InChI=1S/C28H38O6/c1-16-15-22(34-23(30)17(16)2)26(5,31)28(33)14-13-27(32)20-10-9-18-7-6-8-21(29)25(18,4)19(20)11-12-24(27,28)3/h6-7,9,19-20,22,31-33H,8,10-15H2,1-5H3/t19?,20?,22-,24+,25+,26+,27-,28+/m1/s1. The van der Waals surface area contributed by atoms with Crippen LogP contribution in [0.2, 0.25) is 0 Å². The van der Waals surface area contributed by atoms with Gasteiger partial charge in [-0.25, -0.2) is 4.79 Å². The Hall–Kier alpha value is -1.76. The van der Waals surface area contributed by atoms with Crippen molar-refractivity contribution in [1.29, 1.82) is 0 Å². The van der Waals surface area contributed by atoms with Crippen LogP contribution < -0.4 is 0 Å². The number of carbonyl (C=O) groups is 2. The third kappa shape index (κ3) is 2.63. The number of allylic oxidation sites excluding steroid dienone is 4. The maximum Gasteiger partial charge on any atom is 0.334 e. The molecule has 0 bridgehead atoms. The molecule has 1 aliphatic heterocycles. The summed E-state index contributed by atoms with van der Waals surface area (Å²) in [5.74, 6) is -0.495. The van der Waals surface area contributed by atoms with Crippen molar-refractivity contribution in [1.82, 2.24) is 0 Å². The second kappa shape index (κ2) is 7.14. The summed E-state index contributed by atoms with van der Waals surface area (Å²) in [7, 11) is 0. The van der Waals surface area contributed by atoms with E-state index in [4.69, 9.17) is 4.74 Å². The van der Waals surface area contributed by atoms with Crippen molar-refractivity contribution < 1.29 is 29.6 Å². The fraction of sp³-hybridized carbons (Fsp3) is 0.714. The largest absolute Gasteiger partial charge is 0.455 e. The second-order valence-electron chi connectivity index (χ2n) is 12.1. The van der Waals surface area contributed by atoms with Crippen molar-refractivity contribution in [2.45, 2.75) is 102 Å². The Morgan fingerprint density at radius 3 is 2.47 bits per heavy atom. The summed E-state index contributed by atoms with van der Waals surface area (Å²) in [4.78, 5) is 25.6. The zero-order chi connectivity index (χ0) is 24.9. The highest BCUT2D eigenvalue weighted by atomic mass is 16.6. The van der Waals surface area contributed by atoms with E-state index in [0.717, 1.165) is 11.1 Å². The average Bonchev–Trinajstić information content (AvgIpc) is 3.00. The zero-order valence-electron chi connectivity index (χ0n) is 21.0. The molecule has 5 aliphatic rings. The first-order chi connectivity index (χ1) is 15.7. The molecule has 1 heterocycles. The van der Waals surface area contributed by atoms with Gasteiger partial charge in [-0.05, 0) is 77.2 Å². The van der Waals surface area contributed by atoms with Crippen LogP contribution in [0.5, 0.6) is 0 Å². The summed E-state index contributed by atoms with van der Waals surface area (Å²) >= 11 is 0. The topological polar surface area (TPSA) is 104 Å². The van der Waals surface area contributed by atoms with Gasteiger partial charge in [0.25, 0.3) is 0 Å². The minimum atomic E-state index is -1.75. The van der Waals surface area contributed by atoms with Crippen molar-refractivity contribution in [2.75, 3.05) is 0 Å². The molecule has 2 fully saturated rings. The van der Waals surface area contributed by atoms with E-state index in [1.807, 2.05) is 26.8 Å². The Bertz CT molecular complexity index is 1050. The minimum absolute atomic E-state index is 0.0179. The molecule has 0 aromatic heterocycles. The van der Waals surface area contributed by atoms with Gasteiger partial charge < -0.3 is 20.1 Å². The Labute approximate surface area is 201 Å². The first kappa shape index (κ1) is 24.0. The summed E-state index contributed by atoms with van der Waals surface area (Å²) in [6.07, 6.45) is 8.25. The number of esters is 1. The highest BCUT2D eigenvalue weighted by molar-refractivity contribution is 5.92. The van der Waals surface area contributed by atoms with E-state index in [1.165, 1.54) is 0 Å². The maximum absolute atomic E-state index is 13.1. The number of cyclic esters (lactones) is 1. The normalized spacial score (nSPS) is 47.9. The molecule has 2 saturated carbocycles. The lowest BCUT2D eigenvalue weighted by Gasteiger charge is -2.63. The number of rotatable bonds is 2. The number of Topliss-reactive ketones (excluding diaryl/α,β-unsaturated/α-hetero) is 1. The van der Waals surface area contributed by atoms with Crippen molar-refractivity contribution in [3.05, 3.63) is 34.9 Å². The zero-order valence-corrected chi connectivity index (χ0v) is 21.0. The van der Waals surface area contributed by atoms with Gasteiger partial charge in [0.1, 0.15) is 23.1 Å². The van der Waals surface area contributed by atoms with Crippen LogP contribution >= 0.6 is 0 Å². The van der Waals surface area contributed by atoms with Gasteiger partial charge >= 0.3 is 5.97 Å². The lowest BCUT2D eigenvalue weighted by Crippen LogP contribution is -2.72. The summed E-state index contributed by atoms with van der Waals surface area (Å²) in [5.41, 5.74) is -3.87. The van der Waals surface area contributed by atoms with E-state index in [-0.39, 0.29) is 24.0 Å². The number of carbonyl (C=O) groups excluding carboxylic acids is 2. The molecule has 6 nitrogen and oxygen atoms in total. The lowest BCUT2D eigenvalue weighted by molar-refractivity contribution is -0.279. The second-order valence-corrected chi connectivity index (χ2v) is 12.1. The molecule has 0 aromatic rings. The number of hydrogen-bond donors (Lipinski definition) is 3. The molecule has 2 unspecified atom stereocenters. The summed E-state index contributed by atoms with van der Waals surface area (Å²) < 4.78 is 5.63. The number of ether oxygens (including phenoxy) is 1. The highest BCUT2D eigenvalue weighted by Gasteiger charge is 2.76. The average molecular weight is 471 g/mol. The van der Waals surface area contributed by atoms with Gasteiger partial charge in [-0.15, -0.1) is 0 Å². The predicted octanol–water partition coefficient (Wildman–Crippen LogP) is 3.54. The molecule has 0 radical (unpaired) electrons. The monoisotopic (exact) mass is 470 g/mol. The molecule has 34 heavy (non-hydrogen) atoms. The van der Waals surface area contributed by atoms with E-state index in [2.05, 4.69) is 12.2 Å². The van der Waals surface area contributed by atoms with Crippen LogP contribution in [0.1, 0.15) is 79.6 Å². The van der Waals surface area contributed by atoms with Gasteiger partial charge in [0.05, 0.1) is 11.0 Å². The fourth-order valence-corrected chi connectivity index (χ4v) is 8.38. The smallest absolute Gasteiger partial charge is 0.334 e. The van der Waals surface area contributed by atoms with Crippen molar-refractivity contribution in [2.24, 2.45) is 22.7 Å². The maximum atomic E-state index is 13.1. The molecule has 3 N–H and O–H groups in total. The van der Waals surface area contributed by atoms with E-state index in [1.54, 1.807) is 13.8 Å². The van der Waals surface area contributed by atoms with E-state index < -0.39 is 39.7 Å². The van der Waals surface area contributed by atoms with Crippen LogP contribution in [0.25, 0.3) is 0 Å². The van der Waals surface area contributed by atoms with E-state index >= 15 is 0 Å². The lowest BCUT2D eigenvalue weighted by atomic mass is 9.44. The molecule has 0 aromatic carbocycles. The number of aliphatic hydroxyl groups is 3. The molecule has 8 atom stereocenters. The van der Waals surface area contributed by atoms with Gasteiger partial charge in [0, 0.05) is 23.8 Å². The molecule has 5 rings (SSSR count). The van der Waals surface area contributed by atoms with E-state index in [9.17, 15) is 24.9 Å². The molecular weight excluding hydrogens is 432 g/mol. The summed E-state index contributed by atoms with van der Waals surface area (Å²) in [6, 6.07) is 0. The molecular formula is C28H38O6. The SMILES string of the molecule is CC1=C(C)C(=O)O[C@@H]([C@](C)(O)[C@]2(O)CC[C@@]3(O)C4CC=C5C=CCC(=O)[C@]5(C)C4CC[C@]23C)C1. The Balaban J connectivity index is 1.54. The fourth-order valence-electron chi connectivity index (χ4n) is 8.38. The summed E-state index contributed by atoms with van der Waals surface area (Å²) in [6.45, 7) is 9.01. The van der Waals surface area contributed by atoms with Crippen LogP contribution in [-0.2, 0) is 14.3 Å². The van der Waals surface area contributed by atoms with Crippen molar-refractivity contribution >= 4 is 11.8 Å². The van der Waals surface area contributed by atoms with E-state index in [0.29, 0.717) is 44.1 Å². The molecule has 0 saturated heterocycles. The quantitative estimate of drug-likeness (QED) is 0.534. The molecule has 4 aliphatic carbocycles. The van der Waals surface area contributed by atoms with Gasteiger partial charge in [0.2, 0.25) is 0 Å². The Kier molecular flexibility index (Phi) is 5.03. The van der Waals surface area contributed by atoms with Crippen LogP contribution in [0.4, 0.5) is 0 Å². The summed E-state index contributed by atoms with van der Waals surface area (Å²) in [5, 5.41) is 36.5. The molecule has 0 spiro atoms. The van der Waals surface area contributed by atoms with Gasteiger partial charge in [-0.1, -0.05) is 30.7 Å². The van der Waals surface area contributed by atoms with Crippen molar-refractivity contribution in [3.8, 4) is 0 Å². The highest BCUT2D eigenvalue weighted by Crippen LogP contribution is 2.70. The molecule has 186 valence electrons.